The Labute approximate surface area is 192 Å². The van der Waals surface area contributed by atoms with Gasteiger partial charge in [-0.25, -0.2) is 0 Å². The van der Waals surface area contributed by atoms with E-state index in [-0.39, 0.29) is 12.5 Å². The summed E-state index contributed by atoms with van der Waals surface area (Å²) in [5, 5.41) is 2.96. The summed E-state index contributed by atoms with van der Waals surface area (Å²) in [5.41, 5.74) is 1.80. The molecule has 2 aromatic carbocycles. The van der Waals surface area contributed by atoms with Gasteiger partial charge in [0.05, 0.1) is 30.8 Å². The summed E-state index contributed by atoms with van der Waals surface area (Å²) in [6.07, 6.45) is 0.892. The predicted octanol–water partition coefficient (Wildman–Crippen LogP) is 1.68. The first-order chi connectivity index (χ1) is 16.1. The number of rotatable bonds is 8. The molecule has 1 aromatic heterocycles. The topological polar surface area (TPSA) is 85.6 Å². The fourth-order valence-corrected chi connectivity index (χ4v) is 4.22. The Balaban J connectivity index is 1.41. The number of para-hydroxylation sites is 2. The zero-order chi connectivity index (χ0) is 23.2. The van der Waals surface area contributed by atoms with Gasteiger partial charge in [0.25, 0.3) is 5.91 Å². The van der Waals surface area contributed by atoms with Crippen molar-refractivity contribution in [1.82, 2.24) is 19.4 Å². The highest BCUT2D eigenvalue weighted by atomic mass is 16.5. The van der Waals surface area contributed by atoms with Crippen molar-refractivity contribution in [2.24, 2.45) is 0 Å². The van der Waals surface area contributed by atoms with Crippen molar-refractivity contribution in [3.8, 4) is 0 Å². The lowest BCUT2D eigenvalue weighted by molar-refractivity contribution is 0.0374. The zero-order valence-corrected chi connectivity index (χ0v) is 19.0. The van der Waals surface area contributed by atoms with Crippen molar-refractivity contribution in [3.05, 3.63) is 80.4 Å². The minimum absolute atomic E-state index is 0.114. The Kier molecular flexibility index (Phi) is 7.36. The van der Waals surface area contributed by atoms with Crippen LogP contribution < -0.4 is 16.4 Å². The number of nitrogens with zero attached hydrogens (tertiary/aromatic N) is 3. The molecule has 0 aliphatic carbocycles. The number of morpholine rings is 1. The summed E-state index contributed by atoms with van der Waals surface area (Å²) in [6.45, 7) is 7.56. The first-order valence-corrected chi connectivity index (χ1v) is 11.5. The summed E-state index contributed by atoms with van der Waals surface area (Å²) in [4.78, 5) is 40.1. The normalized spacial score (nSPS) is 14.5. The molecule has 0 bridgehead atoms. The van der Waals surface area contributed by atoms with Gasteiger partial charge in [-0.15, -0.1) is 0 Å². The number of amides is 1. The van der Waals surface area contributed by atoms with E-state index >= 15 is 0 Å². The Morgan fingerprint density at radius 2 is 1.58 bits per heavy atom. The van der Waals surface area contributed by atoms with Crippen LogP contribution in [0.25, 0.3) is 11.0 Å². The molecule has 174 valence electrons. The summed E-state index contributed by atoms with van der Waals surface area (Å²) in [5.74, 6) is -0.114. The van der Waals surface area contributed by atoms with Crippen molar-refractivity contribution in [2.75, 3.05) is 39.4 Å². The molecule has 1 aliphatic heterocycles. The molecular weight excluding hydrogens is 420 g/mol. The quantitative estimate of drug-likeness (QED) is 0.417. The number of hydrogen-bond donors (Lipinski definition) is 1. The van der Waals surface area contributed by atoms with Crippen molar-refractivity contribution in [2.45, 2.75) is 26.4 Å². The first kappa shape index (κ1) is 22.9. The van der Waals surface area contributed by atoms with Crippen LogP contribution in [0.1, 0.15) is 29.3 Å². The summed E-state index contributed by atoms with van der Waals surface area (Å²) >= 11 is 0. The largest absolute Gasteiger partial charge is 0.379 e. The van der Waals surface area contributed by atoms with E-state index in [9.17, 15) is 14.4 Å². The molecule has 3 aromatic rings. The fraction of sp³-hybridized carbons (Fsp3) is 0.400. The minimum atomic E-state index is -0.544. The van der Waals surface area contributed by atoms with Crippen LogP contribution in [0.5, 0.6) is 0 Å². The van der Waals surface area contributed by atoms with E-state index in [4.69, 9.17) is 4.74 Å². The van der Waals surface area contributed by atoms with E-state index in [0.717, 1.165) is 50.3 Å². The van der Waals surface area contributed by atoms with E-state index in [1.54, 1.807) is 12.1 Å². The third-order valence-corrected chi connectivity index (χ3v) is 6.05. The standard InChI is InChI=1S/C25H30N4O4/c1-2-28-21-6-3-4-7-22(21)29(25(32)24(28)31)18-19-8-10-20(11-9-19)23(30)26-12-5-13-27-14-16-33-17-15-27/h3-4,6-11H,2,5,12-18H2,1H3,(H,26,30). The van der Waals surface area contributed by atoms with Gasteiger partial charge in [0.2, 0.25) is 0 Å². The van der Waals surface area contributed by atoms with Crippen LogP contribution in [-0.4, -0.2) is 59.3 Å². The number of carbonyl (C=O) groups is 1. The molecular formula is C25H30N4O4. The molecule has 8 nitrogen and oxygen atoms in total. The molecule has 33 heavy (non-hydrogen) atoms. The second-order valence-electron chi connectivity index (χ2n) is 8.19. The van der Waals surface area contributed by atoms with Crippen molar-refractivity contribution in [3.63, 3.8) is 0 Å². The van der Waals surface area contributed by atoms with Crippen molar-refractivity contribution < 1.29 is 9.53 Å². The summed E-state index contributed by atoms with van der Waals surface area (Å²) < 4.78 is 8.35. The van der Waals surface area contributed by atoms with Crippen LogP contribution in [-0.2, 0) is 17.8 Å². The molecule has 1 fully saturated rings. The molecule has 1 aliphatic rings. The van der Waals surface area contributed by atoms with Gasteiger partial charge in [-0.1, -0.05) is 24.3 Å². The van der Waals surface area contributed by atoms with Crippen molar-refractivity contribution in [1.29, 1.82) is 0 Å². The van der Waals surface area contributed by atoms with Gasteiger partial charge in [0.1, 0.15) is 0 Å². The highest BCUT2D eigenvalue weighted by Crippen LogP contribution is 2.13. The van der Waals surface area contributed by atoms with Crippen LogP contribution in [0.3, 0.4) is 0 Å². The number of ether oxygens (including phenoxy) is 1. The van der Waals surface area contributed by atoms with Crippen LogP contribution in [0.4, 0.5) is 0 Å². The maximum absolute atomic E-state index is 12.8. The molecule has 1 amide bonds. The molecule has 0 atom stereocenters. The lowest BCUT2D eigenvalue weighted by Crippen LogP contribution is -2.41. The van der Waals surface area contributed by atoms with Gasteiger partial charge in [0.15, 0.2) is 0 Å². The first-order valence-electron chi connectivity index (χ1n) is 11.5. The average Bonchev–Trinajstić information content (AvgIpc) is 2.86. The number of benzene rings is 2. The Morgan fingerprint density at radius 3 is 2.24 bits per heavy atom. The van der Waals surface area contributed by atoms with Gasteiger partial charge in [-0.2, -0.15) is 0 Å². The smallest absolute Gasteiger partial charge is 0.317 e. The number of fused-ring (bicyclic) bond motifs is 1. The van der Waals surface area contributed by atoms with Gasteiger partial charge < -0.3 is 14.6 Å². The number of aryl methyl sites for hydroxylation is 1. The zero-order valence-electron chi connectivity index (χ0n) is 19.0. The van der Waals surface area contributed by atoms with Gasteiger partial charge in [-0.3, -0.25) is 23.9 Å². The van der Waals surface area contributed by atoms with Gasteiger partial charge in [0, 0.05) is 31.7 Å². The summed E-state index contributed by atoms with van der Waals surface area (Å²) in [7, 11) is 0. The van der Waals surface area contributed by atoms with E-state index in [2.05, 4.69) is 10.2 Å². The van der Waals surface area contributed by atoms with E-state index in [1.165, 1.54) is 9.13 Å². The summed E-state index contributed by atoms with van der Waals surface area (Å²) in [6, 6.07) is 14.6. The van der Waals surface area contributed by atoms with E-state index in [0.29, 0.717) is 24.2 Å². The van der Waals surface area contributed by atoms with Crippen LogP contribution in [0.2, 0.25) is 0 Å². The lowest BCUT2D eigenvalue weighted by atomic mass is 10.1. The van der Waals surface area contributed by atoms with E-state index in [1.807, 2.05) is 43.3 Å². The maximum atomic E-state index is 12.8. The third kappa shape index (κ3) is 5.23. The third-order valence-electron chi connectivity index (χ3n) is 6.05. The minimum Gasteiger partial charge on any atom is -0.379 e. The maximum Gasteiger partial charge on any atom is 0.317 e. The second-order valence-corrected chi connectivity index (χ2v) is 8.19. The molecule has 1 N–H and O–H groups in total. The average molecular weight is 451 g/mol. The Hall–Kier alpha value is -3.23. The molecule has 0 unspecified atom stereocenters. The predicted molar refractivity (Wildman–Crippen MR) is 128 cm³/mol. The number of aromatic nitrogens is 2. The van der Waals surface area contributed by atoms with Crippen LogP contribution in [0, 0.1) is 0 Å². The molecule has 2 heterocycles. The van der Waals surface area contributed by atoms with Crippen LogP contribution in [0.15, 0.2) is 58.1 Å². The number of hydrogen-bond acceptors (Lipinski definition) is 5. The lowest BCUT2D eigenvalue weighted by Gasteiger charge is -2.26. The highest BCUT2D eigenvalue weighted by molar-refractivity contribution is 5.94. The Bertz CT molecular complexity index is 1220. The van der Waals surface area contributed by atoms with Crippen LogP contribution >= 0.6 is 0 Å². The molecule has 0 radical (unpaired) electrons. The molecule has 1 saturated heterocycles. The van der Waals surface area contributed by atoms with Gasteiger partial charge in [-0.05, 0) is 49.7 Å². The van der Waals surface area contributed by atoms with E-state index < -0.39 is 11.1 Å². The Morgan fingerprint density at radius 1 is 0.939 bits per heavy atom. The molecule has 0 saturated carbocycles. The van der Waals surface area contributed by atoms with Gasteiger partial charge >= 0.3 is 11.1 Å². The number of nitrogens with one attached hydrogen (secondary N) is 1. The molecule has 8 heteroatoms. The molecule has 4 rings (SSSR count). The number of carbonyl (C=O) groups excluding carboxylic acids is 1. The SMILES string of the molecule is CCn1c(=O)c(=O)n(Cc2ccc(C(=O)NCCCN3CCOCC3)cc2)c2ccccc21. The highest BCUT2D eigenvalue weighted by Gasteiger charge is 2.13. The fourth-order valence-electron chi connectivity index (χ4n) is 4.22. The monoisotopic (exact) mass is 450 g/mol. The molecule has 0 spiro atoms. The second kappa shape index (κ2) is 10.6. The van der Waals surface area contributed by atoms with Crippen molar-refractivity contribution >= 4 is 16.9 Å².